The summed E-state index contributed by atoms with van der Waals surface area (Å²) in [7, 11) is 1.51. The predicted molar refractivity (Wildman–Crippen MR) is 63.3 cm³/mol. The molecule has 2 aromatic rings. The Morgan fingerprint density at radius 3 is 2.56 bits per heavy atom. The van der Waals surface area contributed by atoms with Gasteiger partial charge in [0.05, 0.1) is 13.3 Å². The van der Waals surface area contributed by atoms with Gasteiger partial charge in [0.25, 0.3) is 0 Å². The average molecular weight is 321 g/mol. The topological polar surface area (TPSA) is 37.9 Å². The van der Waals surface area contributed by atoms with E-state index in [1.807, 2.05) is 0 Å². The zero-order valence-corrected chi connectivity index (χ0v) is 10.8. The van der Waals surface area contributed by atoms with Crippen LogP contribution in [-0.2, 0) is 6.18 Å². The molecular weight excluding hydrogens is 313 g/mol. The molecule has 0 atom stereocenters. The molecule has 3 nitrogen and oxygen atoms in total. The maximum Gasteiger partial charge on any atom is 0.432 e. The first-order chi connectivity index (χ1) is 8.41. The summed E-state index contributed by atoms with van der Waals surface area (Å²) in [6, 6.07) is 4.93. The Kier molecular flexibility index (Phi) is 3.34. The Labute approximate surface area is 109 Å². The molecule has 7 heteroatoms. The minimum absolute atomic E-state index is 0.150. The van der Waals surface area contributed by atoms with Crippen molar-refractivity contribution in [3.8, 4) is 17.1 Å². The second-order valence-corrected chi connectivity index (χ2v) is 4.34. The molecule has 18 heavy (non-hydrogen) atoms. The fourth-order valence-electron chi connectivity index (χ4n) is 1.42. The van der Waals surface area contributed by atoms with Gasteiger partial charge >= 0.3 is 6.18 Å². The van der Waals surface area contributed by atoms with Gasteiger partial charge in [-0.05, 0) is 34.1 Å². The normalized spacial score (nSPS) is 11.6. The van der Waals surface area contributed by atoms with E-state index in [-0.39, 0.29) is 5.82 Å². The van der Waals surface area contributed by atoms with Gasteiger partial charge < -0.3 is 9.72 Å². The molecule has 96 valence electrons. The van der Waals surface area contributed by atoms with Crippen molar-refractivity contribution < 1.29 is 17.9 Å². The number of hydrogen-bond donors (Lipinski definition) is 1. The first-order valence-corrected chi connectivity index (χ1v) is 5.67. The van der Waals surface area contributed by atoms with Crippen molar-refractivity contribution in [1.29, 1.82) is 0 Å². The van der Waals surface area contributed by atoms with E-state index in [9.17, 15) is 13.2 Å². The highest BCUT2D eigenvalue weighted by Crippen LogP contribution is 2.33. The summed E-state index contributed by atoms with van der Waals surface area (Å²) in [5, 5.41) is 0. The van der Waals surface area contributed by atoms with Crippen molar-refractivity contribution in [1.82, 2.24) is 9.97 Å². The van der Waals surface area contributed by atoms with Gasteiger partial charge in [-0.2, -0.15) is 13.2 Å². The second-order valence-electron chi connectivity index (χ2n) is 3.49. The van der Waals surface area contributed by atoms with E-state index in [0.29, 0.717) is 15.8 Å². The molecule has 0 bridgehead atoms. The molecule has 0 spiro atoms. The minimum atomic E-state index is -4.43. The molecule has 0 saturated carbocycles. The van der Waals surface area contributed by atoms with E-state index < -0.39 is 11.9 Å². The minimum Gasteiger partial charge on any atom is -0.497 e. The van der Waals surface area contributed by atoms with E-state index in [0.717, 1.165) is 6.20 Å². The van der Waals surface area contributed by atoms with Gasteiger partial charge in [0, 0.05) is 10.0 Å². The van der Waals surface area contributed by atoms with Gasteiger partial charge in [-0.15, -0.1) is 0 Å². The third kappa shape index (κ3) is 2.50. The van der Waals surface area contributed by atoms with Crippen LogP contribution in [0.2, 0.25) is 0 Å². The van der Waals surface area contributed by atoms with Crippen LogP contribution in [0.25, 0.3) is 11.4 Å². The molecular formula is C11H8BrF3N2O. The maximum absolute atomic E-state index is 12.4. The molecule has 1 aromatic heterocycles. The molecule has 0 aliphatic carbocycles. The summed E-state index contributed by atoms with van der Waals surface area (Å²) in [6.45, 7) is 0. The standard InChI is InChI=1S/C11H8BrF3N2O/c1-18-6-2-3-7(8(12)4-6)10-16-5-9(17-10)11(13,14)15/h2-5H,1H3,(H,16,17). The van der Waals surface area contributed by atoms with E-state index >= 15 is 0 Å². The molecule has 0 aliphatic rings. The van der Waals surface area contributed by atoms with E-state index in [2.05, 4.69) is 25.9 Å². The number of methoxy groups -OCH3 is 1. The number of halogens is 4. The number of H-pyrrole nitrogens is 1. The molecule has 0 radical (unpaired) electrons. The highest BCUT2D eigenvalue weighted by atomic mass is 79.9. The van der Waals surface area contributed by atoms with Crippen molar-refractivity contribution in [2.45, 2.75) is 6.18 Å². The number of benzene rings is 1. The largest absolute Gasteiger partial charge is 0.497 e. The SMILES string of the molecule is COc1ccc(-c2ncc(C(F)(F)F)[nH]2)c(Br)c1. The van der Waals surface area contributed by atoms with Crippen LogP contribution in [0.15, 0.2) is 28.9 Å². The number of ether oxygens (including phenoxy) is 1. The fraction of sp³-hybridized carbons (Fsp3) is 0.182. The van der Waals surface area contributed by atoms with Crippen LogP contribution >= 0.6 is 15.9 Å². The number of aromatic nitrogens is 2. The molecule has 0 aliphatic heterocycles. The highest BCUT2D eigenvalue weighted by Gasteiger charge is 2.33. The Morgan fingerprint density at radius 2 is 2.06 bits per heavy atom. The lowest BCUT2D eigenvalue weighted by atomic mass is 10.2. The van der Waals surface area contributed by atoms with Crippen molar-refractivity contribution >= 4 is 15.9 Å². The van der Waals surface area contributed by atoms with E-state index in [4.69, 9.17) is 4.74 Å². The van der Waals surface area contributed by atoms with Gasteiger partial charge in [0.15, 0.2) is 0 Å². The zero-order chi connectivity index (χ0) is 13.3. The maximum atomic E-state index is 12.4. The van der Waals surface area contributed by atoms with Crippen molar-refractivity contribution in [2.75, 3.05) is 7.11 Å². The Bertz CT molecular complexity index is 566. The van der Waals surface area contributed by atoms with Crippen molar-refractivity contribution in [2.24, 2.45) is 0 Å². The number of alkyl halides is 3. The summed E-state index contributed by atoms with van der Waals surface area (Å²) in [6.07, 6.45) is -3.66. The lowest BCUT2D eigenvalue weighted by Gasteiger charge is -2.05. The lowest BCUT2D eigenvalue weighted by molar-refractivity contribution is -0.140. The smallest absolute Gasteiger partial charge is 0.432 e. The van der Waals surface area contributed by atoms with Crippen LogP contribution in [0.3, 0.4) is 0 Å². The Morgan fingerprint density at radius 1 is 1.33 bits per heavy atom. The number of nitrogens with zero attached hydrogens (tertiary/aromatic N) is 1. The van der Waals surface area contributed by atoms with Gasteiger partial charge in [-0.25, -0.2) is 4.98 Å². The van der Waals surface area contributed by atoms with Crippen molar-refractivity contribution in [3.05, 3.63) is 34.6 Å². The summed E-state index contributed by atoms with van der Waals surface area (Å²) in [4.78, 5) is 5.96. The number of imidazole rings is 1. The van der Waals surface area contributed by atoms with Crippen LogP contribution < -0.4 is 4.74 Å². The first kappa shape index (κ1) is 12.9. The third-order valence-electron chi connectivity index (χ3n) is 2.31. The predicted octanol–water partition coefficient (Wildman–Crippen LogP) is 3.87. The fourth-order valence-corrected chi connectivity index (χ4v) is 1.96. The van der Waals surface area contributed by atoms with Crippen LogP contribution in [0.5, 0.6) is 5.75 Å². The molecule has 0 saturated heterocycles. The Hall–Kier alpha value is -1.50. The summed E-state index contributed by atoms with van der Waals surface area (Å²) < 4.78 is 42.9. The van der Waals surface area contributed by atoms with Crippen molar-refractivity contribution in [3.63, 3.8) is 0 Å². The van der Waals surface area contributed by atoms with Crippen LogP contribution in [0.1, 0.15) is 5.69 Å². The number of hydrogen-bond acceptors (Lipinski definition) is 2. The Balaban J connectivity index is 2.40. The van der Waals surface area contributed by atoms with Crippen LogP contribution in [0, 0.1) is 0 Å². The average Bonchev–Trinajstić information content (AvgIpc) is 2.77. The quantitative estimate of drug-likeness (QED) is 0.912. The molecule has 0 amide bonds. The van der Waals surface area contributed by atoms with Crippen LogP contribution in [0.4, 0.5) is 13.2 Å². The van der Waals surface area contributed by atoms with Crippen LogP contribution in [-0.4, -0.2) is 17.1 Å². The number of aromatic amines is 1. The molecule has 1 aromatic carbocycles. The third-order valence-corrected chi connectivity index (χ3v) is 2.97. The lowest BCUT2D eigenvalue weighted by Crippen LogP contribution is -2.04. The monoisotopic (exact) mass is 320 g/mol. The highest BCUT2D eigenvalue weighted by molar-refractivity contribution is 9.10. The number of rotatable bonds is 2. The molecule has 1 N–H and O–H groups in total. The first-order valence-electron chi connectivity index (χ1n) is 4.88. The van der Waals surface area contributed by atoms with Gasteiger partial charge in [0.1, 0.15) is 17.3 Å². The summed E-state index contributed by atoms with van der Waals surface area (Å²) >= 11 is 3.26. The summed E-state index contributed by atoms with van der Waals surface area (Å²) in [5.41, 5.74) is -0.341. The molecule has 1 heterocycles. The second kappa shape index (κ2) is 4.64. The zero-order valence-electron chi connectivity index (χ0n) is 9.18. The van der Waals surface area contributed by atoms with E-state index in [1.54, 1.807) is 18.2 Å². The van der Waals surface area contributed by atoms with E-state index in [1.165, 1.54) is 7.11 Å². The van der Waals surface area contributed by atoms with Gasteiger partial charge in [-0.1, -0.05) is 0 Å². The summed E-state index contributed by atoms with van der Waals surface area (Å²) in [5.74, 6) is 0.755. The molecule has 2 rings (SSSR count). The van der Waals surface area contributed by atoms with Gasteiger partial charge in [0.2, 0.25) is 0 Å². The number of nitrogens with one attached hydrogen (secondary N) is 1. The van der Waals surface area contributed by atoms with Gasteiger partial charge in [-0.3, -0.25) is 0 Å². The molecule has 0 unspecified atom stereocenters. The molecule has 0 fully saturated rings.